The van der Waals surface area contributed by atoms with Gasteiger partial charge in [-0.3, -0.25) is 19.3 Å². The number of nitrogens with zero attached hydrogens (tertiary/aromatic N) is 1. The summed E-state index contributed by atoms with van der Waals surface area (Å²) in [6, 6.07) is 13.4. The van der Waals surface area contributed by atoms with Gasteiger partial charge in [-0.05, 0) is 17.7 Å². The number of imide groups is 1. The van der Waals surface area contributed by atoms with Gasteiger partial charge in [0.25, 0.3) is 11.8 Å². The van der Waals surface area contributed by atoms with Crippen molar-refractivity contribution in [2.75, 3.05) is 0 Å². The number of carbonyl (C=O) groups excluding carboxylic acids is 3. The summed E-state index contributed by atoms with van der Waals surface area (Å²) in [5.74, 6) is -3.66. The number of hydrogen-bond donors (Lipinski definition) is 1. The molecule has 0 saturated heterocycles. The van der Waals surface area contributed by atoms with Crippen LogP contribution in [0.25, 0.3) is 0 Å². The van der Waals surface area contributed by atoms with Gasteiger partial charge in [0.05, 0.1) is 17.5 Å². The Morgan fingerprint density at radius 3 is 2.00 bits per heavy atom. The first kappa shape index (κ1) is 17.3. The van der Waals surface area contributed by atoms with Gasteiger partial charge in [-0.1, -0.05) is 42.5 Å². The van der Waals surface area contributed by atoms with Crippen LogP contribution >= 0.6 is 0 Å². The molecule has 0 spiro atoms. The Kier molecular flexibility index (Phi) is 4.79. The van der Waals surface area contributed by atoms with Crippen LogP contribution in [0.4, 0.5) is 0 Å². The molecule has 132 valence electrons. The van der Waals surface area contributed by atoms with Crippen molar-refractivity contribution in [2.45, 2.75) is 19.1 Å². The largest absolute Gasteiger partial charge is 0.481 e. The van der Waals surface area contributed by atoms with E-state index in [4.69, 9.17) is 9.84 Å². The normalized spacial score (nSPS) is 14.1. The van der Waals surface area contributed by atoms with Gasteiger partial charge in [0.2, 0.25) is 0 Å². The zero-order chi connectivity index (χ0) is 18.7. The number of fused-ring (bicyclic) bond motifs is 1. The second kappa shape index (κ2) is 7.18. The van der Waals surface area contributed by atoms with E-state index in [2.05, 4.69) is 0 Å². The van der Waals surface area contributed by atoms with Crippen LogP contribution in [-0.2, 0) is 20.9 Å². The highest BCUT2D eigenvalue weighted by molar-refractivity contribution is 6.22. The van der Waals surface area contributed by atoms with E-state index in [0.29, 0.717) is 10.5 Å². The lowest BCUT2D eigenvalue weighted by Crippen LogP contribution is -2.46. The number of ether oxygens (including phenoxy) is 1. The van der Waals surface area contributed by atoms with Crippen LogP contribution in [0.3, 0.4) is 0 Å². The molecular weight excluding hydrogens is 338 g/mol. The average Bonchev–Trinajstić information content (AvgIpc) is 2.90. The molecule has 0 radical (unpaired) electrons. The van der Waals surface area contributed by atoms with E-state index in [9.17, 15) is 19.2 Å². The van der Waals surface area contributed by atoms with Crippen LogP contribution in [0.2, 0.25) is 0 Å². The molecule has 7 heteroatoms. The number of hydrogen-bond acceptors (Lipinski definition) is 5. The van der Waals surface area contributed by atoms with E-state index in [1.165, 1.54) is 12.1 Å². The lowest BCUT2D eigenvalue weighted by atomic mass is 10.1. The maximum absolute atomic E-state index is 12.5. The smallest absolute Gasteiger partial charge is 0.330 e. The van der Waals surface area contributed by atoms with Crippen LogP contribution in [-0.4, -0.2) is 39.8 Å². The van der Waals surface area contributed by atoms with Crippen molar-refractivity contribution in [1.82, 2.24) is 4.90 Å². The topological polar surface area (TPSA) is 101 Å². The molecule has 1 heterocycles. The molecule has 1 N–H and O–H groups in total. The van der Waals surface area contributed by atoms with E-state index in [-0.39, 0.29) is 17.7 Å². The highest BCUT2D eigenvalue weighted by Crippen LogP contribution is 2.26. The zero-order valence-corrected chi connectivity index (χ0v) is 13.6. The van der Waals surface area contributed by atoms with E-state index in [1.807, 2.05) is 0 Å². The first-order valence-electron chi connectivity index (χ1n) is 7.88. The van der Waals surface area contributed by atoms with E-state index in [0.717, 1.165) is 0 Å². The lowest BCUT2D eigenvalue weighted by Gasteiger charge is -2.23. The van der Waals surface area contributed by atoms with Gasteiger partial charge < -0.3 is 9.84 Å². The molecule has 0 aliphatic carbocycles. The maximum atomic E-state index is 12.5. The molecule has 1 atom stereocenters. The second-order valence-corrected chi connectivity index (χ2v) is 5.73. The molecule has 0 bridgehead atoms. The fourth-order valence-electron chi connectivity index (χ4n) is 2.76. The molecule has 2 amide bonds. The minimum Gasteiger partial charge on any atom is -0.481 e. The highest BCUT2D eigenvalue weighted by Gasteiger charge is 2.44. The van der Waals surface area contributed by atoms with Crippen molar-refractivity contribution in [3.05, 3.63) is 71.3 Å². The Morgan fingerprint density at radius 2 is 1.46 bits per heavy atom. The number of carboxylic acids is 1. The Hall–Kier alpha value is -3.48. The molecule has 2 aromatic carbocycles. The van der Waals surface area contributed by atoms with Gasteiger partial charge in [-0.25, -0.2) is 4.79 Å². The van der Waals surface area contributed by atoms with Gasteiger partial charge in [-0.2, -0.15) is 0 Å². The van der Waals surface area contributed by atoms with Gasteiger partial charge in [-0.15, -0.1) is 0 Å². The first-order chi connectivity index (χ1) is 12.5. The van der Waals surface area contributed by atoms with Crippen molar-refractivity contribution in [2.24, 2.45) is 0 Å². The molecule has 0 fully saturated rings. The quantitative estimate of drug-likeness (QED) is 0.628. The minimum atomic E-state index is -1.52. The fourth-order valence-corrected chi connectivity index (χ4v) is 2.76. The number of carboxylic acid groups (broad SMARTS) is 1. The van der Waals surface area contributed by atoms with Crippen LogP contribution in [0.15, 0.2) is 54.6 Å². The SMILES string of the molecule is O=C(O)C[C@@H](C(=O)OCc1ccccc1)N1C(=O)c2ccccc2C1=O. The van der Waals surface area contributed by atoms with Gasteiger partial charge in [0.1, 0.15) is 12.6 Å². The van der Waals surface area contributed by atoms with Crippen molar-refractivity contribution < 1.29 is 29.0 Å². The van der Waals surface area contributed by atoms with Gasteiger partial charge in [0.15, 0.2) is 0 Å². The molecule has 2 aromatic rings. The zero-order valence-electron chi connectivity index (χ0n) is 13.6. The third-order valence-corrected chi connectivity index (χ3v) is 4.00. The van der Waals surface area contributed by atoms with Gasteiger partial charge in [0, 0.05) is 0 Å². The van der Waals surface area contributed by atoms with Crippen LogP contribution in [0.1, 0.15) is 32.7 Å². The first-order valence-corrected chi connectivity index (χ1v) is 7.88. The summed E-state index contributed by atoms with van der Waals surface area (Å²) in [5, 5.41) is 9.11. The molecule has 0 saturated carbocycles. The third-order valence-electron chi connectivity index (χ3n) is 4.00. The fraction of sp³-hybridized carbons (Fsp3) is 0.158. The number of amides is 2. The Morgan fingerprint density at radius 1 is 0.923 bits per heavy atom. The summed E-state index contributed by atoms with van der Waals surface area (Å²) in [6.07, 6.45) is -0.723. The third kappa shape index (κ3) is 3.32. The molecule has 1 aliphatic rings. The average molecular weight is 353 g/mol. The maximum Gasteiger partial charge on any atom is 0.330 e. The highest BCUT2D eigenvalue weighted by atomic mass is 16.5. The van der Waals surface area contributed by atoms with Gasteiger partial charge >= 0.3 is 11.9 Å². The number of esters is 1. The number of aliphatic carboxylic acids is 1. The second-order valence-electron chi connectivity index (χ2n) is 5.73. The van der Waals surface area contributed by atoms with Crippen molar-refractivity contribution in [3.8, 4) is 0 Å². The number of rotatable bonds is 6. The summed E-state index contributed by atoms with van der Waals surface area (Å²) in [5.41, 5.74) is 0.991. The summed E-state index contributed by atoms with van der Waals surface area (Å²) < 4.78 is 5.15. The predicted molar refractivity (Wildman–Crippen MR) is 89.2 cm³/mol. The monoisotopic (exact) mass is 353 g/mol. The molecule has 0 unspecified atom stereocenters. The Bertz CT molecular complexity index is 842. The molecule has 1 aliphatic heterocycles. The van der Waals surface area contributed by atoms with Crippen LogP contribution in [0, 0.1) is 0 Å². The van der Waals surface area contributed by atoms with Crippen molar-refractivity contribution in [3.63, 3.8) is 0 Å². The Labute approximate surface area is 148 Å². The molecular formula is C19H15NO6. The molecule has 0 aromatic heterocycles. The van der Waals surface area contributed by atoms with Crippen LogP contribution in [0.5, 0.6) is 0 Å². The number of benzene rings is 2. The summed E-state index contributed by atoms with van der Waals surface area (Å²) in [7, 11) is 0. The lowest BCUT2D eigenvalue weighted by molar-refractivity contribution is -0.153. The molecule has 26 heavy (non-hydrogen) atoms. The van der Waals surface area contributed by atoms with E-state index in [1.54, 1.807) is 42.5 Å². The van der Waals surface area contributed by atoms with E-state index >= 15 is 0 Å². The van der Waals surface area contributed by atoms with Crippen molar-refractivity contribution >= 4 is 23.8 Å². The predicted octanol–water partition coefficient (Wildman–Crippen LogP) is 1.87. The Balaban J connectivity index is 1.82. The number of carbonyl (C=O) groups is 4. The summed E-state index contributed by atoms with van der Waals surface area (Å²) >= 11 is 0. The minimum absolute atomic E-state index is 0.0844. The molecule has 3 rings (SSSR count). The summed E-state index contributed by atoms with van der Waals surface area (Å²) in [4.78, 5) is 49.3. The summed E-state index contributed by atoms with van der Waals surface area (Å²) in [6.45, 7) is -0.0844. The standard InChI is InChI=1S/C19H15NO6/c21-16(22)10-15(19(25)26-11-12-6-2-1-3-7-12)20-17(23)13-8-4-5-9-14(13)18(20)24/h1-9,15H,10-11H2,(H,21,22)/t15-/m0/s1. The molecule has 7 nitrogen and oxygen atoms in total. The van der Waals surface area contributed by atoms with E-state index < -0.39 is 36.2 Å². The van der Waals surface area contributed by atoms with Crippen molar-refractivity contribution in [1.29, 1.82) is 0 Å². The van der Waals surface area contributed by atoms with Crippen LogP contribution < -0.4 is 0 Å².